The van der Waals surface area contributed by atoms with Crippen molar-refractivity contribution < 1.29 is 0 Å². The van der Waals surface area contributed by atoms with Gasteiger partial charge in [0.2, 0.25) is 0 Å². The van der Waals surface area contributed by atoms with Crippen molar-refractivity contribution in [2.24, 2.45) is 0 Å². The lowest BCUT2D eigenvalue weighted by molar-refractivity contribution is 0.390. The molecule has 3 rings (SSSR count). The SMILES string of the molecule is Nc1nc2c(s1)CCCCC21CCCC1. The van der Waals surface area contributed by atoms with E-state index in [4.69, 9.17) is 5.73 Å². The zero-order valence-corrected chi connectivity index (χ0v) is 9.91. The topological polar surface area (TPSA) is 38.9 Å². The normalized spacial score (nSPS) is 24.0. The standard InChI is InChI=1S/C12H18N2S/c13-11-14-10-9(15-11)5-1-2-6-12(10)7-3-4-8-12/h1-8H2,(H2,13,14). The molecule has 1 spiro atoms. The first kappa shape index (κ1) is 9.64. The summed E-state index contributed by atoms with van der Waals surface area (Å²) in [6.07, 6.45) is 10.7. The molecule has 0 bridgehead atoms. The van der Waals surface area contributed by atoms with E-state index in [9.17, 15) is 0 Å². The molecule has 1 fully saturated rings. The average Bonchev–Trinajstić information content (AvgIpc) is 2.77. The Hall–Kier alpha value is -0.570. The number of hydrogen-bond donors (Lipinski definition) is 1. The van der Waals surface area contributed by atoms with Crippen molar-refractivity contribution in [2.75, 3.05) is 5.73 Å². The molecule has 3 heteroatoms. The van der Waals surface area contributed by atoms with Gasteiger partial charge >= 0.3 is 0 Å². The van der Waals surface area contributed by atoms with Crippen molar-refractivity contribution in [3.05, 3.63) is 10.6 Å². The Morgan fingerprint density at radius 1 is 1.07 bits per heavy atom. The molecular formula is C12H18N2S. The van der Waals surface area contributed by atoms with E-state index in [0.29, 0.717) is 5.41 Å². The summed E-state index contributed by atoms with van der Waals surface area (Å²) in [7, 11) is 0. The minimum absolute atomic E-state index is 0.431. The van der Waals surface area contributed by atoms with Crippen LogP contribution in [0.25, 0.3) is 0 Å². The largest absolute Gasteiger partial charge is 0.375 e. The van der Waals surface area contributed by atoms with Gasteiger partial charge in [-0.25, -0.2) is 4.98 Å². The Morgan fingerprint density at radius 2 is 1.73 bits per heavy atom. The summed E-state index contributed by atoms with van der Waals surface area (Å²) < 4.78 is 0. The van der Waals surface area contributed by atoms with E-state index in [0.717, 1.165) is 5.13 Å². The molecule has 1 aromatic rings. The van der Waals surface area contributed by atoms with E-state index < -0.39 is 0 Å². The van der Waals surface area contributed by atoms with Gasteiger partial charge in [-0.3, -0.25) is 0 Å². The van der Waals surface area contributed by atoms with Crippen LogP contribution in [0.2, 0.25) is 0 Å². The minimum atomic E-state index is 0.431. The quantitative estimate of drug-likeness (QED) is 0.731. The van der Waals surface area contributed by atoms with Gasteiger partial charge in [0.25, 0.3) is 0 Å². The van der Waals surface area contributed by atoms with Crippen LogP contribution in [0.4, 0.5) is 5.13 Å². The number of aromatic nitrogens is 1. The lowest BCUT2D eigenvalue weighted by Crippen LogP contribution is -2.22. The first-order valence-electron chi connectivity index (χ1n) is 6.06. The number of fused-ring (bicyclic) bond motifs is 2. The Kier molecular flexibility index (Phi) is 2.23. The highest BCUT2D eigenvalue weighted by atomic mass is 32.1. The van der Waals surface area contributed by atoms with Gasteiger partial charge < -0.3 is 5.73 Å². The second-order valence-electron chi connectivity index (χ2n) is 5.02. The highest BCUT2D eigenvalue weighted by Gasteiger charge is 2.40. The lowest BCUT2D eigenvalue weighted by Gasteiger charge is -2.26. The van der Waals surface area contributed by atoms with Gasteiger partial charge in [0, 0.05) is 10.3 Å². The summed E-state index contributed by atoms with van der Waals surface area (Å²) in [6, 6.07) is 0. The third-order valence-corrected chi connectivity index (χ3v) is 5.03. The summed E-state index contributed by atoms with van der Waals surface area (Å²) in [4.78, 5) is 6.14. The second kappa shape index (κ2) is 3.48. The summed E-state index contributed by atoms with van der Waals surface area (Å²) in [5.74, 6) is 0. The van der Waals surface area contributed by atoms with Crippen molar-refractivity contribution in [3.63, 3.8) is 0 Å². The van der Waals surface area contributed by atoms with Crippen molar-refractivity contribution in [3.8, 4) is 0 Å². The van der Waals surface area contributed by atoms with Crippen molar-refractivity contribution >= 4 is 16.5 Å². The summed E-state index contributed by atoms with van der Waals surface area (Å²) in [5, 5.41) is 0.785. The number of anilines is 1. The molecule has 2 aliphatic carbocycles. The van der Waals surface area contributed by atoms with Gasteiger partial charge in [0.05, 0.1) is 5.69 Å². The predicted molar refractivity (Wildman–Crippen MR) is 64.2 cm³/mol. The minimum Gasteiger partial charge on any atom is -0.375 e. The third kappa shape index (κ3) is 1.48. The van der Waals surface area contributed by atoms with Crippen LogP contribution in [-0.4, -0.2) is 4.98 Å². The highest BCUT2D eigenvalue weighted by Crippen LogP contribution is 2.48. The van der Waals surface area contributed by atoms with Crippen LogP contribution in [0.3, 0.4) is 0 Å². The van der Waals surface area contributed by atoms with Crippen molar-refractivity contribution in [1.29, 1.82) is 0 Å². The van der Waals surface area contributed by atoms with Gasteiger partial charge in [-0.05, 0) is 32.1 Å². The number of hydrogen-bond acceptors (Lipinski definition) is 3. The molecule has 1 saturated carbocycles. The Bertz CT molecular complexity index is 364. The zero-order valence-electron chi connectivity index (χ0n) is 9.09. The van der Waals surface area contributed by atoms with Gasteiger partial charge in [0.1, 0.15) is 0 Å². The maximum absolute atomic E-state index is 5.87. The molecule has 0 radical (unpaired) electrons. The molecule has 0 amide bonds. The van der Waals surface area contributed by atoms with E-state index in [1.807, 2.05) is 0 Å². The van der Waals surface area contributed by atoms with Gasteiger partial charge in [-0.1, -0.05) is 19.3 Å². The van der Waals surface area contributed by atoms with Crippen LogP contribution < -0.4 is 5.73 Å². The molecule has 0 aromatic carbocycles. The maximum Gasteiger partial charge on any atom is 0.180 e. The number of nitrogen functional groups attached to an aromatic ring is 1. The molecule has 82 valence electrons. The van der Waals surface area contributed by atoms with E-state index in [1.165, 1.54) is 61.9 Å². The van der Waals surface area contributed by atoms with Crippen molar-refractivity contribution in [2.45, 2.75) is 56.8 Å². The summed E-state index contributed by atoms with van der Waals surface area (Å²) in [5.41, 5.74) is 7.69. The van der Waals surface area contributed by atoms with Crippen LogP contribution >= 0.6 is 11.3 Å². The first-order chi connectivity index (χ1) is 7.30. The highest BCUT2D eigenvalue weighted by molar-refractivity contribution is 7.15. The number of aryl methyl sites for hydroxylation is 1. The molecule has 0 unspecified atom stereocenters. The molecule has 1 heterocycles. The van der Waals surface area contributed by atoms with Crippen LogP contribution in [0, 0.1) is 0 Å². The van der Waals surface area contributed by atoms with Crippen molar-refractivity contribution in [1.82, 2.24) is 4.98 Å². The number of thiazole rings is 1. The number of nitrogens with zero attached hydrogens (tertiary/aromatic N) is 1. The predicted octanol–water partition coefficient (Wildman–Crippen LogP) is 3.26. The van der Waals surface area contributed by atoms with Gasteiger partial charge in [0.15, 0.2) is 5.13 Å². The van der Waals surface area contributed by atoms with E-state index in [2.05, 4.69) is 4.98 Å². The molecule has 2 N–H and O–H groups in total. The fourth-order valence-corrected chi connectivity index (χ4v) is 4.35. The fraction of sp³-hybridized carbons (Fsp3) is 0.750. The molecule has 2 aliphatic rings. The lowest BCUT2D eigenvalue weighted by atomic mass is 9.79. The molecule has 1 aromatic heterocycles. The molecule has 0 aliphatic heterocycles. The van der Waals surface area contributed by atoms with E-state index in [1.54, 1.807) is 11.3 Å². The fourth-order valence-electron chi connectivity index (χ4n) is 3.36. The van der Waals surface area contributed by atoms with Gasteiger partial charge in [-0.2, -0.15) is 0 Å². The van der Waals surface area contributed by atoms with Crippen LogP contribution in [0.5, 0.6) is 0 Å². The Balaban J connectivity index is 2.08. The maximum atomic E-state index is 5.87. The Labute approximate surface area is 94.9 Å². The zero-order chi connectivity index (χ0) is 10.3. The Morgan fingerprint density at radius 3 is 2.47 bits per heavy atom. The molecule has 0 atom stereocenters. The van der Waals surface area contributed by atoms with Crippen LogP contribution in [0.15, 0.2) is 0 Å². The molecular weight excluding hydrogens is 204 g/mol. The van der Waals surface area contributed by atoms with Crippen LogP contribution in [0.1, 0.15) is 55.5 Å². The summed E-state index contributed by atoms with van der Waals surface area (Å²) >= 11 is 1.73. The number of rotatable bonds is 0. The second-order valence-corrected chi connectivity index (χ2v) is 6.13. The smallest absolute Gasteiger partial charge is 0.180 e. The monoisotopic (exact) mass is 222 g/mol. The molecule has 2 nitrogen and oxygen atoms in total. The first-order valence-corrected chi connectivity index (χ1v) is 6.87. The van der Waals surface area contributed by atoms with E-state index in [-0.39, 0.29) is 0 Å². The summed E-state index contributed by atoms with van der Waals surface area (Å²) in [6.45, 7) is 0. The molecule has 15 heavy (non-hydrogen) atoms. The average molecular weight is 222 g/mol. The van der Waals surface area contributed by atoms with Crippen LogP contribution in [-0.2, 0) is 11.8 Å². The van der Waals surface area contributed by atoms with Gasteiger partial charge in [-0.15, -0.1) is 11.3 Å². The van der Waals surface area contributed by atoms with E-state index >= 15 is 0 Å². The molecule has 0 saturated heterocycles. The third-order valence-electron chi connectivity index (χ3n) is 4.09. The number of nitrogens with two attached hydrogens (primary N) is 1.